The second kappa shape index (κ2) is 5.61. The predicted molar refractivity (Wildman–Crippen MR) is 74.7 cm³/mol. The highest BCUT2D eigenvalue weighted by atomic mass is 35.5. The number of nitrogens with zero attached hydrogens (tertiary/aromatic N) is 1. The first-order valence-corrected chi connectivity index (χ1v) is 6.59. The first kappa shape index (κ1) is 13.7. The van der Waals surface area contributed by atoms with E-state index < -0.39 is 5.82 Å². The first-order chi connectivity index (χ1) is 10.1. The highest BCUT2D eigenvalue weighted by molar-refractivity contribution is 6.32. The molecule has 2 heterocycles. The molecule has 0 spiro atoms. The standard InChI is InChI=1S/C15H11ClFNO3/c1-9-12(18-15(21-9)14-3-2-6-19-14)8-20-13-5-4-10(17)7-11(13)16/h2-7H,8H2,1H3. The van der Waals surface area contributed by atoms with Crippen LogP contribution in [0, 0.1) is 12.7 Å². The van der Waals surface area contributed by atoms with Crippen LogP contribution < -0.4 is 4.74 Å². The van der Waals surface area contributed by atoms with Crippen LogP contribution in [0.15, 0.2) is 45.4 Å². The maximum absolute atomic E-state index is 13.0. The Hall–Kier alpha value is -2.27. The molecule has 0 saturated carbocycles. The van der Waals surface area contributed by atoms with Gasteiger partial charge in [0.05, 0.1) is 11.3 Å². The number of hydrogen-bond donors (Lipinski definition) is 0. The van der Waals surface area contributed by atoms with Crippen LogP contribution in [0.2, 0.25) is 5.02 Å². The van der Waals surface area contributed by atoms with E-state index in [1.165, 1.54) is 18.2 Å². The van der Waals surface area contributed by atoms with Gasteiger partial charge in [-0.25, -0.2) is 9.37 Å². The molecule has 0 amide bonds. The SMILES string of the molecule is Cc1oc(-c2ccco2)nc1COc1ccc(F)cc1Cl. The number of ether oxygens (including phenoxy) is 1. The van der Waals surface area contributed by atoms with E-state index in [9.17, 15) is 4.39 Å². The zero-order valence-corrected chi connectivity index (χ0v) is 11.9. The molecular weight excluding hydrogens is 297 g/mol. The largest absolute Gasteiger partial charge is 0.486 e. The summed E-state index contributed by atoms with van der Waals surface area (Å²) in [7, 11) is 0. The zero-order chi connectivity index (χ0) is 14.8. The average molecular weight is 308 g/mol. The molecule has 108 valence electrons. The second-order valence-corrected chi connectivity index (χ2v) is 4.77. The molecule has 0 radical (unpaired) electrons. The summed E-state index contributed by atoms with van der Waals surface area (Å²) in [5, 5.41) is 0.211. The molecule has 0 aliphatic rings. The van der Waals surface area contributed by atoms with Gasteiger partial charge in [-0.1, -0.05) is 11.6 Å². The lowest BCUT2D eigenvalue weighted by molar-refractivity contribution is 0.299. The number of aryl methyl sites for hydroxylation is 1. The topological polar surface area (TPSA) is 48.4 Å². The lowest BCUT2D eigenvalue weighted by Crippen LogP contribution is -1.98. The Bertz CT molecular complexity index is 752. The molecule has 0 aliphatic heterocycles. The van der Waals surface area contributed by atoms with Crippen molar-refractivity contribution in [2.45, 2.75) is 13.5 Å². The van der Waals surface area contributed by atoms with Gasteiger partial charge in [0.2, 0.25) is 0 Å². The average Bonchev–Trinajstić information content (AvgIpc) is 3.07. The summed E-state index contributed by atoms with van der Waals surface area (Å²) in [6.45, 7) is 1.95. The van der Waals surface area contributed by atoms with Crippen LogP contribution in [-0.4, -0.2) is 4.98 Å². The van der Waals surface area contributed by atoms with Gasteiger partial charge in [-0.2, -0.15) is 0 Å². The van der Waals surface area contributed by atoms with Crippen molar-refractivity contribution in [2.24, 2.45) is 0 Å². The summed E-state index contributed by atoms with van der Waals surface area (Å²) in [5.74, 6) is 1.54. The summed E-state index contributed by atoms with van der Waals surface area (Å²) in [6, 6.07) is 7.46. The number of oxazole rings is 1. The Morgan fingerprint density at radius 2 is 2.19 bits per heavy atom. The lowest BCUT2D eigenvalue weighted by Gasteiger charge is -2.06. The molecule has 3 rings (SSSR count). The smallest absolute Gasteiger partial charge is 0.263 e. The Morgan fingerprint density at radius 1 is 1.33 bits per heavy atom. The summed E-state index contributed by atoms with van der Waals surface area (Å²) < 4.78 is 29.2. The van der Waals surface area contributed by atoms with Gasteiger partial charge in [0, 0.05) is 0 Å². The quantitative estimate of drug-likeness (QED) is 0.706. The highest BCUT2D eigenvalue weighted by Gasteiger charge is 2.14. The highest BCUT2D eigenvalue weighted by Crippen LogP contribution is 2.27. The van der Waals surface area contributed by atoms with Crippen LogP contribution in [0.5, 0.6) is 5.75 Å². The first-order valence-electron chi connectivity index (χ1n) is 6.21. The minimum Gasteiger partial charge on any atom is -0.486 e. The van der Waals surface area contributed by atoms with Gasteiger partial charge in [0.1, 0.15) is 29.6 Å². The van der Waals surface area contributed by atoms with Crippen LogP contribution in [0.3, 0.4) is 0 Å². The number of furan rings is 1. The van der Waals surface area contributed by atoms with Crippen LogP contribution in [0.1, 0.15) is 11.5 Å². The normalized spacial score (nSPS) is 10.8. The van der Waals surface area contributed by atoms with E-state index in [-0.39, 0.29) is 11.6 Å². The van der Waals surface area contributed by atoms with E-state index in [2.05, 4.69) is 4.98 Å². The molecule has 4 nitrogen and oxygen atoms in total. The summed E-state index contributed by atoms with van der Waals surface area (Å²) in [6.07, 6.45) is 1.54. The van der Waals surface area contributed by atoms with Crippen molar-refractivity contribution >= 4 is 11.6 Å². The fourth-order valence-electron chi connectivity index (χ4n) is 1.81. The molecule has 0 aliphatic carbocycles. The van der Waals surface area contributed by atoms with Crippen molar-refractivity contribution in [1.29, 1.82) is 0 Å². The fraction of sp³-hybridized carbons (Fsp3) is 0.133. The van der Waals surface area contributed by atoms with E-state index in [0.29, 0.717) is 28.9 Å². The molecule has 0 N–H and O–H groups in total. The number of aromatic nitrogens is 1. The Balaban J connectivity index is 1.76. The van der Waals surface area contributed by atoms with Gasteiger partial charge in [-0.05, 0) is 37.3 Å². The van der Waals surface area contributed by atoms with Crippen LogP contribution in [0.4, 0.5) is 4.39 Å². The maximum Gasteiger partial charge on any atom is 0.263 e. The van der Waals surface area contributed by atoms with Crippen molar-refractivity contribution in [3.05, 3.63) is 58.9 Å². The van der Waals surface area contributed by atoms with Gasteiger partial charge in [-0.3, -0.25) is 0 Å². The van der Waals surface area contributed by atoms with Crippen molar-refractivity contribution in [3.8, 4) is 17.4 Å². The third-order valence-corrected chi connectivity index (χ3v) is 3.18. The maximum atomic E-state index is 13.0. The predicted octanol–water partition coefficient (Wildman–Crippen LogP) is 4.61. The van der Waals surface area contributed by atoms with Crippen LogP contribution in [-0.2, 0) is 6.61 Å². The lowest BCUT2D eigenvalue weighted by atomic mass is 10.3. The Kier molecular flexibility index (Phi) is 3.66. The molecule has 6 heteroatoms. The van der Waals surface area contributed by atoms with Gasteiger partial charge in [0.25, 0.3) is 5.89 Å². The molecular formula is C15H11ClFNO3. The number of rotatable bonds is 4. The minimum absolute atomic E-state index is 0.168. The third kappa shape index (κ3) is 2.92. The van der Waals surface area contributed by atoms with Crippen LogP contribution >= 0.6 is 11.6 Å². The molecule has 0 unspecified atom stereocenters. The number of halogens is 2. The van der Waals surface area contributed by atoms with Gasteiger partial charge >= 0.3 is 0 Å². The van der Waals surface area contributed by atoms with Crippen molar-refractivity contribution in [1.82, 2.24) is 4.98 Å². The monoisotopic (exact) mass is 307 g/mol. The van der Waals surface area contributed by atoms with E-state index in [1.54, 1.807) is 25.3 Å². The van der Waals surface area contributed by atoms with E-state index in [1.807, 2.05) is 0 Å². The van der Waals surface area contributed by atoms with Gasteiger partial charge < -0.3 is 13.6 Å². The van der Waals surface area contributed by atoms with E-state index in [4.69, 9.17) is 25.2 Å². The molecule has 3 aromatic rings. The number of benzene rings is 1. The fourth-order valence-corrected chi connectivity index (χ4v) is 2.03. The molecule has 0 bridgehead atoms. The van der Waals surface area contributed by atoms with Crippen LogP contribution in [0.25, 0.3) is 11.7 Å². The summed E-state index contributed by atoms with van der Waals surface area (Å²) in [5.41, 5.74) is 0.627. The van der Waals surface area contributed by atoms with Crippen molar-refractivity contribution in [3.63, 3.8) is 0 Å². The van der Waals surface area contributed by atoms with E-state index in [0.717, 1.165) is 0 Å². The Morgan fingerprint density at radius 3 is 2.90 bits per heavy atom. The number of hydrogen-bond acceptors (Lipinski definition) is 4. The third-order valence-electron chi connectivity index (χ3n) is 2.88. The van der Waals surface area contributed by atoms with Crippen molar-refractivity contribution in [2.75, 3.05) is 0 Å². The molecule has 2 aromatic heterocycles. The molecule has 0 atom stereocenters. The van der Waals surface area contributed by atoms with Gasteiger partial charge in [0.15, 0.2) is 5.76 Å². The van der Waals surface area contributed by atoms with Crippen molar-refractivity contribution < 1.29 is 18.0 Å². The van der Waals surface area contributed by atoms with E-state index >= 15 is 0 Å². The zero-order valence-electron chi connectivity index (χ0n) is 11.1. The molecule has 21 heavy (non-hydrogen) atoms. The minimum atomic E-state index is -0.412. The summed E-state index contributed by atoms with van der Waals surface area (Å²) in [4.78, 5) is 4.31. The van der Waals surface area contributed by atoms with Gasteiger partial charge in [-0.15, -0.1) is 0 Å². The molecule has 1 aromatic carbocycles. The Labute approximate surface area is 125 Å². The molecule has 0 saturated heterocycles. The summed E-state index contributed by atoms with van der Waals surface area (Å²) >= 11 is 5.90. The second-order valence-electron chi connectivity index (χ2n) is 4.36. The molecule has 0 fully saturated rings.